The maximum atomic E-state index is 10.9. The summed E-state index contributed by atoms with van der Waals surface area (Å²) in [5, 5.41) is 0. The quantitative estimate of drug-likeness (QED) is 0.426. The first-order chi connectivity index (χ1) is 5.06. The Morgan fingerprint density at radius 1 is 1.82 bits per heavy atom. The van der Waals surface area contributed by atoms with Gasteiger partial charge in [-0.3, -0.25) is 4.18 Å². The minimum atomic E-state index is -1.21. The van der Waals surface area contributed by atoms with Gasteiger partial charge in [0.1, 0.15) is 0 Å². The van der Waals surface area contributed by atoms with E-state index in [4.69, 9.17) is 10.6 Å². The number of hydrogen-bond donors (Lipinski definition) is 0. The van der Waals surface area contributed by atoms with Crippen molar-refractivity contribution in [3.8, 4) is 12.3 Å². The van der Waals surface area contributed by atoms with Gasteiger partial charge in [-0.1, -0.05) is 5.92 Å². The SMILES string of the molecule is C#C[C@@H]1COS(=O)SC1(C)C. The summed E-state index contributed by atoms with van der Waals surface area (Å²) in [5.41, 5.74) is 0. The Bertz CT molecular complexity index is 217. The lowest BCUT2D eigenvalue weighted by Gasteiger charge is -2.32. The summed E-state index contributed by atoms with van der Waals surface area (Å²) in [6.45, 7) is 4.38. The molecule has 1 aliphatic heterocycles. The van der Waals surface area contributed by atoms with Gasteiger partial charge in [-0.05, 0) is 24.6 Å². The average molecular weight is 190 g/mol. The van der Waals surface area contributed by atoms with Gasteiger partial charge in [0.2, 0.25) is 10.1 Å². The van der Waals surface area contributed by atoms with Crippen LogP contribution in [-0.2, 0) is 14.3 Å². The van der Waals surface area contributed by atoms with Crippen LogP contribution in [0.5, 0.6) is 0 Å². The van der Waals surface area contributed by atoms with Crippen LogP contribution in [-0.4, -0.2) is 15.6 Å². The summed E-state index contributed by atoms with van der Waals surface area (Å²) in [4.78, 5) is 0. The van der Waals surface area contributed by atoms with Crippen LogP contribution in [0.2, 0.25) is 0 Å². The second-order valence-electron chi connectivity index (χ2n) is 2.89. The fraction of sp³-hybridized carbons (Fsp3) is 0.714. The summed E-state index contributed by atoms with van der Waals surface area (Å²) < 4.78 is 15.7. The van der Waals surface area contributed by atoms with Gasteiger partial charge in [0, 0.05) is 4.75 Å². The maximum absolute atomic E-state index is 10.9. The van der Waals surface area contributed by atoms with Gasteiger partial charge >= 0.3 is 0 Å². The van der Waals surface area contributed by atoms with E-state index < -0.39 is 10.1 Å². The molecule has 0 aromatic rings. The monoisotopic (exact) mass is 190 g/mol. The van der Waals surface area contributed by atoms with Crippen molar-refractivity contribution in [2.75, 3.05) is 6.61 Å². The predicted octanol–water partition coefficient (Wildman–Crippen LogP) is 1.36. The number of rotatable bonds is 0. The molecule has 1 saturated heterocycles. The van der Waals surface area contributed by atoms with E-state index in [9.17, 15) is 4.21 Å². The molecule has 0 amide bonds. The van der Waals surface area contributed by atoms with Gasteiger partial charge in [-0.2, -0.15) is 0 Å². The van der Waals surface area contributed by atoms with Gasteiger partial charge in [0.15, 0.2) is 0 Å². The summed E-state index contributed by atoms with van der Waals surface area (Å²) >= 11 is 0. The fourth-order valence-electron chi connectivity index (χ4n) is 0.831. The Kier molecular flexibility index (Phi) is 2.63. The zero-order valence-electron chi connectivity index (χ0n) is 6.49. The first-order valence-corrected chi connectivity index (χ1v) is 5.68. The fourth-order valence-corrected chi connectivity index (χ4v) is 3.44. The van der Waals surface area contributed by atoms with Crippen LogP contribution in [0.25, 0.3) is 0 Å². The Morgan fingerprint density at radius 3 is 2.91 bits per heavy atom. The Morgan fingerprint density at radius 2 is 2.45 bits per heavy atom. The van der Waals surface area contributed by atoms with E-state index >= 15 is 0 Å². The lowest BCUT2D eigenvalue weighted by atomic mass is 9.97. The predicted molar refractivity (Wildman–Crippen MR) is 48.1 cm³/mol. The van der Waals surface area contributed by atoms with E-state index in [1.165, 1.54) is 10.8 Å². The van der Waals surface area contributed by atoms with E-state index in [1.54, 1.807) is 0 Å². The molecule has 62 valence electrons. The Hall–Kier alpha value is 0.0200. The highest BCUT2D eigenvalue weighted by molar-refractivity contribution is 8.68. The molecule has 0 spiro atoms. The second kappa shape index (κ2) is 3.18. The van der Waals surface area contributed by atoms with Crippen LogP contribution < -0.4 is 0 Å². The van der Waals surface area contributed by atoms with Gasteiger partial charge in [-0.15, -0.1) is 6.42 Å². The highest BCUT2D eigenvalue weighted by atomic mass is 33.1. The normalized spacial score (nSPS) is 36.1. The third-order valence-corrected chi connectivity index (χ3v) is 4.82. The van der Waals surface area contributed by atoms with Crippen LogP contribution in [0, 0.1) is 18.3 Å². The van der Waals surface area contributed by atoms with Gasteiger partial charge < -0.3 is 0 Å². The molecule has 2 nitrogen and oxygen atoms in total. The van der Waals surface area contributed by atoms with Crippen LogP contribution >= 0.6 is 10.8 Å². The second-order valence-corrected chi connectivity index (χ2v) is 6.07. The van der Waals surface area contributed by atoms with E-state index in [1.807, 2.05) is 13.8 Å². The van der Waals surface area contributed by atoms with Crippen molar-refractivity contribution in [3.05, 3.63) is 0 Å². The highest BCUT2D eigenvalue weighted by Gasteiger charge is 2.36. The van der Waals surface area contributed by atoms with E-state index in [0.717, 1.165) is 0 Å². The van der Waals surface area contributed by atoms with Gasteiger partial charge in [0.25, 0.3) is 0 Å². The molecule has 1 rings (SSSR count). The lowest BCUT2D eigenvalue weighted by molar-refractivity contribution is 0.280. The molecular weight excluding hydrogens is 180 g/mol. The molecule has 2 atom stereocenters. The first kappa shape index (κ1) is 9.11. The smallest absolute Gasteiger partial charge is 0.219 e. The average Bonchev–Trinajstić information content (AvgIpc) is 1.85. The van der Waals surface area contributed by atoms with Crippen molar-refractivity contribution in [2.45, 2.75) is 18.6 Å². The molecule has 1 heterocycles. The van der Waals surface area contributed by atoms with Crippen molar-refractivity contribution in [2.24, 2.45) is 5.92 Å². The Labute approximate surface area is 73.1 Å². The standard InChI is InChI=1S/C7H10O2S2/c1-4-6-5-9-11(8)10-7(6,2)3/h1,6H,5H2,2-3H3/t6-,11?/m1/s1. The summed E-state index contributed by atoms with van der Waals surface area (Å²) in [5.74, 6) is 2.69. The third-order valence-electron chi connectivity index (χ3n) is 1.65. The molecule has 0 radical (unpaired) electrons. The zero-order chi connectivity index (χ0) is 8.48. The minimum Gasteiger partial charge on any atom is -0.281 e. The molecule has 11 heavy (non-hydrogen) atoms. The molecule has 0 saturated carbocycles. The van der Waals surface area contributed by atoms with Crippen molar-refractivity contribution in [1.29, 1.82) is 0 Å². The van der Waals surface area contributed by atoms with Crippen molar-refractivity contribution in [1.82, 2.24) is 0 Å². The van der Waals surface area contributed by atoms with Crippen molar-refractivity contribution >= 4 is 20.9 Å². The molecule has 0 aromatic heterocycles. The molecule has 1 unspecified atom stereocenters. The highest BCUT2D eigenvalue weighted by Crippen LogP contribution is 2.39. The van der Waals surface area contributed by atoms with Crippen LogP contribution in [0.3, 0.4) is 0 Å². The molecule has 0 N–H and O–H groups in total. The topological polar surface area (TPSA) is 26.3 Å². The van der Waals surface area contributed by atoms with Gasteiger partial charge in [-0.25, -0.2) is 4.21 Å². The first-order valence-electron chi connectivity index (χ1n) is 3.27. The summed E-state index contributed by atoms with van der Waals surface area (Å²) in [6.07, 6.45) is 5.28. The molecule has 4 heteroatoms. The molecular formula is C7H10O2S2. The molecule has 1 fully saturated rings. The third kappa shape index (κ3) is 1.98. The minimum absolute atomic E-state index is 0.0604. The van der Waals surface area contributed by atoms with Crippen LogP contribution in [0.1, 0.15) is 13.8 Å². The molecule has 1 aliphatic rings. The molecule has 0 bridgehead atoms. The largest absolute Gasteiger partial charge is 0.281 e. The number of terminal acetylenes is 1. The molecule has 0 aromatic carbocycles. The lowest BCUT2D eigenvalue weighted by Crippen LogP contribution is -2.35. The van der Waals surface area contributed by atoms with E-state index in [2.05, 4.69) is 5.92 Å². The zero-order valence-corrected chi connectivity index (χ0v) is 8.13. The van der Waals surface area contributed by atoms with Crippen molar-refractivity contribution in [3.63, 3.8) is 0 Å². The van der Waals surface area contributed by atoms with Crippen molar-refractivity contribution < 1.29 is 8.39 Å². The van der Waals surface area contributed by atoms with Crippen LogP contribution in [0.15, 0.2) is 0 Å². The van der Waals surface area contributed by atoms with E-state index in [0.29, 0.717) is 6.61 Å². The maximum Gasteiger partial charge on any atom is 0.219 e. The molecule has 0 aliphatic carbocycles. The number of hydrogen-bond acceptors (Lipinski definition) is 3. The summed E-state index contributed by atoms with van der Waals surface area (Å²) in [6, 6.07) is 0. The van der Waals surface area contributed by atoms with Crippen LogP contribution in [0.4, 0.5) is 0 Å². The van der Waals surface area contributed by atoms with Gasteiger partial charge in [0.05, 0.1) is 12.5 Å². The Balaban J connectivity index is 2.73. The van der Waals surface area contributed by atoms with E-state index in [-0.39, 0.29) is 10.7 Å². The summed E-state index contributed by atoms with van der Waals surface area (Å²) in [7, 11) is 0.0729.